The average molecular weight is 416 g/mol. The fourth-order valence-corrected chi connectivity index (χ4v) is 1.38. The molecule has 6 N–H and O–H groups in total. The molecule has 0 aliphatic rings. The Morgan fingerprint density at radius 3 is 2.25 bits per heavy atom. The summed E-state index contributed by atoms with van der Waals surface area (Å²) in [6.45, 7) is 3.56. The van der Waals surface area contributed by atoms with Crippen molar-refractivity contribution in [1.29, 1.82) is 0 Å². The second-order valence-electron chi connectivity index (χ2n) is 4.49. The van der Waals surface area contributed by atoms with Crippen LogP contribution in [-0.2, 0) is 37.5 Å². The maximum Gasteiger partial charge on any atom is 0.333 e. The first-order valence-electron chi connectivity index (χ1n) is 6.40. The molecule has 2 aromatic heterocycles. The SMILES string of the molecule is CCC(C)C(=O)O.[NH-]C(=O)Nn1c(=O)[nH]c2[nH]c(=O)[nH]c2c1=O.[Y]. The molecule has 2 amide bonds. The predicted molar refractivity (Wildman–Crippen MR) is 80.0 cm³/mol. The summed E-state index contributed by atoms with van der Waals surface area (Å²) in [4.78, 5) is 60.5. The van der Waals surface area contributed by atoms with Crippen LogP contribution in [0.5, 0.6) is 0 Å². The Morgan fingerprint density at radius 2 is 1.83 bits per heavy atom. The van der Waals surface area contributed by atoms with Gasteiger partial charge in [-0.15, -0.1) is 0 Å². The van der Waals surface area contributed by atoms with E-state index in [1.165, 1.54) is 0 Å². The molecule has 0 spiro atoms. The minimum atomic E-state index is -1.33. The number of nitrogens with zero attached hydrogens (tertiary/aromatic N) is 1. The van der Waals surface area contributed by atoms with E-state index in [0.29, 0.717) is 4.68 Å². The number of urea groups is 1. The van der Waals surface area contributed by atoms with Crippen LogP contribution in [0.2, 0.25) is 0 Å². The van der Waals surface area contributed by atoms with Gasteiger partial charge in [0.05, 0.1) is 5.92 Å². The van der Waals surface area contributed by atoms with E-state index in [-0.39, 0.29) is 49.8 Å². The number of rotatable bonds is 3. The molecule has 0 saturated heterocycles. The molecule has 1 atom stereocenters. The molecule has 2 rings (SSSR count). The number of hydrogen-bond acceptors (Lipinski definition) is 5. The van der Waals surface area contributed by atoms with Crippen molar-refractivity contribution in [2.24, 2.45) is 5.92 Å². The minimum Gasteiger partial charge on any atom is -0.481 e. The number of nitrogens with one attached hydrogen (secondary N) is 5. The van der Waals surface area contributed by atoms with Gasteiger partial charge >= 0.3 is 17.3 Å². The number of H-pyrrole nitrogens is 3. The van der Waals surface area contributed by atoms with Crippen molar-refractivity contribution in [1.82, 2.24) is 19.6 Å². The van der Waals surface area contributed by atoms with E-state index in [4.69, 9.17) is 10.8 Å². The quantitative estimate of drug-likeness (QED) is 0.449. The first-order chi connectivity index (χ1) is 10.7. The Morgan fingerprint density at radius 1 is 1.25 bits per heavy atom. The normalized spacial score (nSPS) is 10.9. The molecule has 0 bridgehead atoms. The summed E-state index contributed by atoms with van der Waals surface area (Å²) in [5.41, 5.74) is 5.44. The summed E-state index contributed by atoms with van der Waals surface area (Å²) in [6, 6.07) is -1.33. The van der Waals surface area contributed by atoms with Gasteiger partial charge in [0.15, 0.2) is 11.5 Å². The zero-order valence-electron chi connectivity index (χ0n) is 12.8. The third-order valence-electron chi connectivity index (χ3n) is 2.83. The molecule has 1 unspecified atom stereocenters. The number of hydrogen-bond donors (Lipinski definition) is 5. The summed E-state index contributed by atoms with van der Waals surface area (Å²) in [5, 5.41) is 8.18. The van der Waals surface area contributed by atoms with E-state index in [0.717, 1.165) is 6.42 Å². The topological polar surface area (TPSA) is 194 Å². The van der Waals surface area contributed by atoms with Gasteiger partial charge in [-0.25, -0.2) is 14.3 Å². The van der Waals surface area contributed by atoms with Crippen molar-refractivity contribution >= 4 is 23.2 Å². The molecule has 12 nitrogen and oxygen atoms in total. The molecule has 0 aliphatic carbocycles. The van der Waals surface area contributed by atoms with Gasteiger partial charge in [0, 0.05) is 32.7 Å². The molecular formula is C11H15N6O6Y-. The van der Waals surface area contributed by atoms with E-state index >= 15 is 0 Å². The number of imidazole rings is 1. The number of carboxylic acid groups (broad SMARTS) is 1. The largest absolute Gasteiger partial charge is 0.481 e. The number of amides is 2. The van der Waals surface area contributed by atoms with Gasteiger partial charge < -0.3 is 16.3 Å². The molecule has 13 heteroatoms. The zero-order valence-corrected chi connectivity index (χ0v) is 15.6. The molecule has 0 aliphatic heterocycles. The number of carbonyl (C=O) groups is 2. The Balaban J connectivity index is 0.000000570. The molecule has 24 heavy (non-hydrogen) atoms. The number of aliphatic carboxylic acids is 1. The summed E-state index contributed by atoms with van der Waals surface area (Å²) < 4.78 is 0.293. The summed E-state index contributed by atoms with van der Waals surface area (Å²) in [6.07, 6.45) is 0.718. The Kier molecular flexibility index (Phi) is 8.33. The van der Waals surface area contributed by atoms with E-state index in [9.17, 15) is 24.0 Å². The van der Waals surface area contributed by atoms with Crippen LogP contribution in [0, 0.1) is 5.92 Å². The van der Waals surface area contributed by atoms with Crippen LogP contribution < -0.4 is 22.4 Å². The van der Waals surface area contributed by atoms with Crippen LogP contribution in [0.25, 0.3) is 16.9 Å². The Hall–Kier alpha value is -2.21. The molecule has 0 saturated carbocycles. The number of aromatic nitrogens is 4. The van der Waals surface area contributed by atoms with Crippen molar-refractivity contribution in [3.8, 4) is 0 Å². The van der Waals surface area contributed by atoms with Crippen LogP contribution in [-0.4, -0.2) is 36.7 Å². The summed E-state index contributed by atoms with van der Waals surface area (Å²) >= 11 is 0. The van der Waals surface area contributed by atoms with E-state index in [2.05, 4.69) is 15.0 Å². The number of carboxylic acids is 1. The predicted octanol–water partition coefficient (Wildman–Crippen LogP) is -0.463. The van der Waals surface area contributed by atoms with Crippen molar-refractivity contribution < 1.29 is 47.4 Å². The standard InChI is InChI=1S/C6H6N6O4.C5H10O2.Y/c7-4(14)11-12-3(13)1-2(10-6(12)16)9-5(15)8-1;1-3-4(2)5(6)7;/h(H6,7,8,9,10,11,13,14,15,16);4H,3H2,1-2H3,(H,6,7);/p-1. The number of fused-ring (bicyclic) bond motifs is 1. The van der Waals surface area contributed by atoms with Crippen molar-refractivity contribution in [3.05, 3.63) is 37.1 Å². The van der Waals surface area contributed by atoms with Gasteiger partial charge in [0.2, 0.25) is 0 Å². The fourth-order valence-electron chi connectivity index (χ4n) is 1.38. The fraction of sp³-hybridized carbons (Fsp3) is 0.364. The molecule has 2 heterocycles. The zero-order chi connectivity index (χ0) is 17.7. The van der Waals surface area contributed by atoms with Crippen molar-refractivity contribution in [3.63, 3.8) is 0 Å². The van der Waals surface area contributed by atoms with Crippen LogP contribution in [0.4, 0.5) is 4.79 Å². The molecule has 0 aromatic carbocycles. The number of carbonyl (C=O) groups excluding carboxylic acids is 1. The van der Waals surface area contributed by atoms with E-state index in [1.54, 1.807) is 12.3 Å². The second kappa shape index (κ2) is 9.18. The smallest absolute Gasteiger partial charge is 0.333 e. The van der Waals surface area contributed by atoms with Gasteiger partial charge in [0.25, 0.3) is 5.56 Å². The van der Waals surface area contributed by atoms with E-state index < -0.39 is 28.9 Å². The van der Waals surface area contributed by atoms with Gasteiger partial charge in [0.1, 0.15) is 5.65 Å². The summed E-state index contributed by atoms with van der Waals surface area (Å²) in [7, 11) is 0. The average Bonchev–Trinajstić information content (AvgIpc) is 2.83. The van der Waals surface area contributed by atoms with Gasteiger partial charge in [-0.05, 0) is 6.42 Å². The van der Waals surface area contributed by atoms with Gasteiger partial charge in [-0.1, -0.05) is 13.8 Å². The maximum absolute atomic E-state index is 11.6. The molecular weight excluding hydrogens is 401 g/mol. The molecule has 0 fully saturated rings. The van der Waals surface area contributed by atoms with Crippen LogP contribution in [0.15, 0.2) is 14.4 Å². The summed E-state index contributed by atoms with van der Waals surface area (Å²) in [5.74, 6) is -0.887. The number of aromatic amines is 3. The molecule has 2 aromatic rings. The first kappa shape index (κ1) is 21.8. The van der Waals surface area contributed by atoms with Crippen LogP contribution in [0.3, 0.4) is 0 Å². The van der Waals surface area contributed by atoms with E-state index in [1.807, 2.05) is 6.92 Å². The Labute approximate surface area is 158 Å². The third kappa shape index (κ3) is 5.46. The second-order valence-corrected chi connectivity index (χ2v) is 4.49. The first-order valence-corrected chi connectivity index (χ1v) is 6.40. The molecule has 1 radical (unpaired) electrons. The Bertz CT molecular complexity index is 893. The van der Waals surface area contributed by atoms with Crippen LogP contribution >= 0.6 is 0 Å². The van der Waals surface area contributed by atoms with Crippen molar-refractivity contribution in [2.45, 2.75) is 20.3 Å². The van der Waals surface area contributed by atoms with Gasteiger partial charge in [-0.3, -0.25) is 29.3 Å². The third-order valence-corrected chi connectivity index (χ3v) is 2.83. The minimum absolute atomic E-state index is 0. The van der Waals surface area contributed by atoms with Crippen LogP contribution in [0.1, 0.15) is 20.3 Å². The molecule has 129 valence electrons. The van der Waals surface area contributed by atoms with Gasteiger partial charge in [-0.2, -0.15) is 0 Å². The van der Waals surface area contributed by atoms with Crippen molar-refractivity contribution in [2.75, 3.05) is 5.43 Å². The maximum atomic E-state index is 11.6. The monoisotopic (exact) mass is 416 g/mol.